The van der Waals surface area contributed by atoms with Crippen LogP contribution in [0.3, 0.4) is 0 Å². The zero-order chi connectivity index (χ0) is 17.3. The van der Waals surface area contributed by atoms with E-state index in [9.17, 15) is 4.79 Å². The molecule has 1 unspecified atom stereocenters. The second-order valence-electron chi connectivity index (χ2n) is 7.60. The summed E-state index contributed by atoms with van der Waals surface area (Å²) < 4.78 is 0. The van der Waals surface area contributed by atoms with Crippen molar-refractivity contribution in [3.63, 3.8) is 0 Å². The van der Waals surface area contributed by atoms with Gasteiger partial charge < -0.3 is 5.73 Å². The Balaban J connectivity index is 1.85. The second kappa shape index (κ2) is 9.86. The Kier molecular flexibility index (Phi) is 7.81. The maximum absolute atomic E-state index is 12.2. The first kappa shape index (κ1) is 19.0. The summed E-state index contributed by atoms with van der Waals surface area (Å²) in [5.41, 5.74) is 6.86. The Bertz CT molecular complexity index is 478. The summed E-state index contributed by atoms with van der Waals surface area (Å²) in [5.74, 6) is 0.229. The summed E-state index contributed by atoms with van der Waals surface area (Å²) in [5, 5.41) is 0. The first-order chi connectivity index (χ1) is 11.7. The molecule has 2 N–H and O–H groups in total. The molecule has 0 spiro atoms. The molecule has 24 heavy (non-hydrogen) atoms. The number of hydrogen-bond donors (Lipinski definition) is 1. The molecule has 1 fully saturated rings. The van der Waals surface area contributed by atoms with Gasteiger partial charge in [0.15, 0.2) is 0 Å². The minimum atomic E-state index is -0.275. The molecule has 0 heterocycles. The maximum atomic E-state index is 12.2. The Morgan fingerprint density at radius 1 is 1.00 bits per heavy atom. The Morgan fingerprint density at radius 2 is 1.58 bits per heavy atom. The van der Waals surface area contributed by atoms with Gasteiger partial charge in [0.2, 0.25) is 5.91 Å². The molecule has 1 aromatic rings. The van der Waals surface area contributed by atoms with E-state index in [1.54, 1.807) is 0 Å². The predicted octanol–water partition coefficient (Wildman–Crippen LogP) is 5.96. The molecule has 0 aliphatic heterocycles. The Labute approximate surface area is 148 Å². The van der Waals surface area contributed by atoms with Gasteiger partial charge in [-0.05, 0) is 30.7 Å². The third-order valence-corrected chi connectivity index (χ3v) is 5.95. The van der Waals surface area contributed by atoms with Crippen molar-refractivity contribution in [2.45, 2.75) is 89.9 Å². The number of rotatable bonds is 12. The first-order valence-electron chi connectivity index (χ1n) is 10.1. The van der Waals surface area contributed by atoms with Gasteiger partial charge in [-0.2, -0.15) is 0 Å². The van der Waals surface area contributed by atoms with Crippen LogP contribution >= 0.6 is 0 Å². The van der Waals surface area contributed by atoms with Crippen LogP contribution in [0, 0.1) is 5.41 Å². The largest absolute Gasteiger partial charge is 0.369 e. The number of hydrogen-bond acceptors (Lipinski definition) is 1. The number of nitrogens with two attached hydrogens (primary N) is 1. The molecule has 1 amide bonds. The molecule has 1 aromatic carbocycles. The van der Waals surface area contributed by atoms with Gasteiger partial charge in [-0.1, -0.05) is 95.0 Å². The highest BCUT2D eigenvalue weighted by Crippen LogP contribution is 2.53. The lowest BCUT2D eigenvalue weighted by molar-refractivity contribution is -0.134. The SMILES string of the molecule is CCCCCCCCCCC(c1ccccc1)C1(C(N)=O)CCC1. The third-order valence-electron chi connectivity index (χ3n) is 5.95. The molecule has 134 valence electrons. The summed E-state index contributed by atoms with van der Waals surface area (Å²) in [6.45, 7) is 2.26. The van der Waals surface area contributed by atoms with Crippen LogP contribution < -0.4 is 5.73 Å². The van der Waals surface area contributed by atoms with Gasteiger partial charge in [-0.15, -0.1) is 0 Å². The molecular formula is C22H35NO. The molecule has 0 aromatic heterocycles. The van der Waals surface area contributed by atoms with Crippen LogP contribution in [0.4, 0.5) is 0 Å². The molecule has 1 aliphatic rings. The van der Waals surface area contributed by atoms with E-state index >= 15 is 0 Å². The fourth-order valence-electron chi connectivity index (χ4n) is 4.25. The third kappa shape index (κ3) is 4.84. The first-order valence-corrected chi connectivity index (χ1v) is 10.1. The molecule has 1 aliphatic carbocycles. The van der Waals surface area contributed by atoms with Crippen molar-refractivity contribution in [2.24, 2.45) is 11.1 Å². The quantitative estimate of drug-likeness (QED) is 0.473. The summed E-state index contributed by atoms with van der Waals surface area (Å²) in [6, 6.07) is 10.6. The van der Waals surface area contributed by atoms with Crippen LogP contribution in [-0.4, -0.2) is 5.91 Å². The van der Waals surface area contributed by atoms with Crippen molar-refractivity contribution in [2.75, 3.05) is 0 Å². The van der Waals surface area contributed by atoms with E-state index in [0.717, 1.165) is 25.7 Å². The highest BCUT2D eigenvalue weighted by atomic mass is 16.1. The van der Waals surface area contributed by atoms with Gasteiger partial charge in [0.25, 0.3) is 0 Å². The highest BCUT2D eigenvalue weighted by molar-refractivity contribution is 5.83. The van der Waals surface area contributed by atoms with Gasteiger partial charge in [0.1, 0.15) is 0 Å². The number of carbonyl (C=O) groups excluding carboxylic acids is 1. The van der Waals surface area contributed by atoms with Gasteiger partial charge in [-0.25, -0.2) is 0 Å². The topological polar surface area (TPSA) is 43.1 Å². The normalized spacial score (nSPS) is 17.2. The van der Waals surface area contributed by atoms with Crippen molar-refractivity contribution < 1.29 is 4.79 Å². The standard InChI is InChI=1S/C22H35NO/c1-2-3-4-5-6-7-8-12-16-20(19-14-10-9-11-15-19)22(21(23)24)17-13-18-22/h9-11,14-15,20H,2-8,12-13,16-18H2,1H3,(H2,23,24). The van der Waals surface area contributed by atoms with Crippen LogP contribution in [0.1, 0.15) is 95.5 Å². The lowest BCUT2D eigenvalue weighted by Crippen LogP contribution is -2.47. The van der Waals surface area contributed by atoms with E-state index in [-0.39, 0.29) is 11.3 Å². The lowest BCUT2D eigenvalue weighted by Gasteiger charge is -2.45. The molecule has 1 atom stereocenters. The summed E-state index contributed by atoms with van der Waals surface area (Å²) >= 11 is 0. The zero-order valence-electron chi connectivity index (χ0n) is 15.4. The van der Waals surface area contributed by atoms with Crippen LogP contribution in [-0.2, 0) is 4.79 Å². The predicted molar refractivity (Wildman–Crippen MR) is 102 cm³/mol. The summed E-state index contributed by atoms with van der Waals surface area (Å²) in [4.78, 5) is 12.2. The van der Waals surface area contributed by atoms with E-state index in [1.165, 1.54) is 56.9 Å². The smallest absolute Gasteiger partial charge is 0.224 e. The molecule has 0 bridgehead atoms. The molecule has 2 rings (SSSR count). The molecule has 2 nitrogen and oxygen atoms in total. The van der Waals surface area contributed by atoms with Crippen LogP contribution in [0.2, 0.25) is 0 Å². The summed E-state index contributed by atoms with van der Waals surface area (Å²) in [7, 11) is 0. The van der Waals surface area contributed by atoms with Gasteiger partial charge in [0.05, 0.1) is 5.41 Å². The second-order valence-corrected chi connectivity index (χ2v) is 7.60. The van der Waals surface area contributed by atoms with Crippen molar-refractivity contribution in [1.82, 2.24) is 0 Å². The molecule has 0 saturated heterocycles. The van der Waals surface area contributed by atoms with E-state index in [0.29, 0.717) is 5.92 Å². The average molecular weight is 330 g/mol. The highest BCUT2D eigenvalue weighted by Gasteiger charge is 2.49. The number of amides is 1. The van der Waals surface area contributed by atoms with Crippen molar-refractivity contribution in [3.05, 3.63) is 35.9 Å². The van der Waals surface area contributed by atoms with Crippen LogP contribution in [0.25, 0.3) is 0 Å². The Hall–Kier alpha value is -1.31. The van der Waals surface area contributed by atoms with Crippen LogP contribution in [0.15, 0.2) is 30.3 Å². The van der Waals surface area contributed by atoms with Crippen molar-refractivity contribution >= 4 is 5.91 Å². The molecular weight excluding hydrogens is 294 g/mol. The van der Waals surface area contributed by atoms with E-state index < -0.39 is 0 Å². The van der Waals surface area contributed by atoms with E-state index in [4.69, 9.17) is 5.73 Å². The minimum absolute atomic E-state index is 0.0813. The van der Waals surface area contributed by atoms with Crippen molar-refractivity contribution in [1.29, 1.82) is 0 Å². The zero-order valence-corrected chi connectivity index (χ0v) is 15.4. The van der Waals surface area contributed by atoms with Crippen LogP contribution in [0.5, 0.6) is 0 Å². The minimum Gasteiger partial charge on any atom is -0.369 e. The molecule has 0 radical (unpaired) electrons. The number of carbonyl (C=O) groups is 1. The molecule has 2 heteroatoms. The number of unbranched alkanes of at least 4 members (excludes halogenated alkanes) is 7. The average Bonchev–Trinajstić information content (AvgIpc) is 2.55. The number of primary amides is 1. The van der Waals surface area contributed by atoms with Crippen molar-refractivity contribution in [3.8, 4) is 0 Å². The lowest BCUT2D eigenvalue weighted by atomic mass is 9.57. The van der Waals surface area contributed by atoms with Gasteiger partial charge >= 0.3 is 0 Å². The Morgan fingerprint density at radius 3 is 2.08 bits per heavy atom. The van der Waals surface area contributed by atoms with E-state index in [1.807, 2.05) is 0 Å². The van der Waals surface area contributed by atoms with Gasteiger partial charge in [0, 0.05) is 0 Å². The fourth-order valence-corrected chi connectivity index (χ4v) is 4.25. The summed E-state index contributed by atoms with van der Waals surface area (Å²) in [6.07, 6.45) is 14.8. The maximum Gasteiger partial charge on any atom is 0.224 e. The van der Waals surface area contributed by atoms with E-state index in [2.05, 4.69) is 37.3 Å². The fraction of sp³-hybridized carbons (Fsp3) is 0.682. The molecule has 1 saturated carbocycles. The van der Waals surface area contributed by atoms with Gasteiger partial charge in [-0.3, -0.25) is 4.79 Å². The number of benzene rings is 1. The monoisotopic (exact) mass is 329 g/mol.